The fourth-order valence-electron chi connectivity index (χ4n) is 4.55. The third kappa shape index (κ3) is 7.62. The summed E-state index contributed by atoms with van der Waals surface area (Å²) in [6, 6.07) is 0. The number of rotatable bonds is 12. The fraction of sp³-hybridized carbons (Fsp3) is 1.00. The molecule has 2 rings (SSSR count). The predicted molar refractivity (Wildman–Crippen MR) is 117 cm³/mol. The van der Waals surface area contributed by atoms with Gasteiger partial charge in [-0.1, -0.05) is 40.5 Å². The van der Waals surface area contributed by atoms with Gasteiger partial charge in [-0.15, -0.1) is 0 Å². The molecule has 0 saturated carbocycles. The quantitative estimate of drug-likeness (QED) is 0.560. The summed E-state index contributed by atoms with van der Waals surface area (Å²) < 4.78 is 0. The van der Waals surface area contributed by atoms with Crippen LogP contribution in [0.2, 0.25) is 0 Å². The Morgan fingerprint density at radius 3 is 1.26 bits per heavy atom. The van der Waals surface area contributed by atoms with Crippen molar-refractivity contribution in [1.29, 1.82) is 0 Å². The molecule has 2 aliphatic rings. The number of hydrogen-bond acceptors (Lipinski definition) is 5. The summed E-state index contributed by atoms with van der Waals surface area (Å²) in [7, 11) is 0. The van der Waals surface area contributed by atoms with Crippen LogP contribution in [0.25, 0.3) is 0 Å². The van der Waals surface area contributed by atoms with E-state index in [1.54, 1.807) is 0 Å². The minimum absolute atomic E-state index is 0.529. The highest BCUT2D eigenvalue weighted by Crippen LogP contribution is 2.13. The molecule has 0 radical (unpaired) electrons. The smallest absolute Gasteiger partial charge is 0.0607 e. The number of nitrogens with one attached hydrogen (secondary N) is 1. The van der Waals surface area contributed by atoms with Gasteiger partial charge in [-0.25, -0.2) is 0 Å². The highest BCUT2D eigenvalue weighted by Gasteiger charge is 2.27. The van der Waals surface area contributed by atoms with Crippen molar-refractivity contribution in [3.8, 4) is 0 Å². The number of hydrogen-bond donors (Lipinski definition) is 1. The van der Waals surface area contributed by atoms with E-state index in [-0.39, 0.29) is 0 Å². The van der Waals surface area contributed by atoms with Crippen LogP contribution in [0.4, 0.5) is 0 Å². The zero-order chi connectivity index (χ0) is 19.5. The molecule has 0 bridgehead atoms. The first-order valence-corrected chi connectivity index (χ1v) is 11.9. The van der Waals surface area contributed by atoms with Crippen molar-refractivity contribution in [3.63, 3.8) is 0 Å². The molecule has 5 nitrogen and oxygen atoms in total. The molecule has 0 aromatic carbocycles. The highest BCUT2D eigenvalue weighted by molar-refractivity contribution is 4.82. The lowest BCUT2D eigenvalue weighted by atomic mass is 10.2. The highest BCUT2D eigenvalue weighted by atomic mass is 15.4. The van der Waals surface area contributed by atoms with Crippen LogP contribution in [0, 0.1) is 0 Å². The molecule has 2 aliphatic heterocycles. The van der Waals surface area contributed by atoms with Gasteiger partial charge < -0.3 is 9.80 Å². The van der Waals surface area contributed by atoms with E-state index in [1.165, 1.54) is 104 Å². The first-order valence-electron chi connectivity index (χ1n) is 11.9. The van der Waals surface area contributed by atoms with Crippen molar-refractivity contribution < 1.29 is 0 Å². The summed E-state index contributed by atoms with van der Waals surface area (Å²) in [5.74, 6) is 0. The van der Waals surface area contributed by atoms with Crippen LogP contribution in [0.3, 0.4) is 0 Å². The Morgan fingerprint density at radius 2 is 0.963 bits per heavy atom. The summed E-state index contributed by atoms with van der Waals surface area (Å²) >= 11 is 0. The lowest BCUT2D eigenvalue weighted by Gasteiger charge is -2.44. The van der Waals surface area contributed by atoms with Crippen molar-refractivity contribution in [3.05, 3.63) is 0 Å². The second-order valence-corrected chi connectivity index (χ2v) is 8.48. The van der Waals surface area contributed by atoms with Crippen LogP contribution in [0.5, 0.6) is 0 Å². The molecule has 0 amide bonds. The molecule has 2 fully saturated rings. The lowest BCUT2D eigenvalue weighted by molar-refractivity contribution is 0.0285. The van der Waals surface area contributed by atoms with Gasteiger partial charge in [0.05, 0.1) is 12.3 Å². The standard InChI is InChI=1S/C22H47N5/c1-5-9-11-24-13-17-26(18-14-24)21(7-3)23-22(8-4)27-19-15-25(16-20-27)12-10-6-2/h21-23H,5-20H2,1-4H3. The van der Waals surface area contributed by atoms with E-state index in [4.69, 9.17) is 0 Å². The zero-order valence-corrected chi connectivity index (χ0v) is 18.8. The second-order valence-electron chi connectivity index (χ2n) is 8.48. The van der Waals surface area contributed by atoms with Crippen LogP contribution in [0.15, 0.2) is 0 Å². The molecule has 27 heavy (non-hydrogen) atoms. The van der Waals surface area contributed by atoms with Crippen LogP contribution in [-0.4, -0.2) is 97.4 Å². The van der Waals surface area contributed by atoms with Crippen LogP contribution < -0.4 is 5.32 Å². The van der Waals surface area contributed by atoms with Crippen molar-refractivity contribution in [2.75, 3.05) is 65.4 Å². The largest absolute Gasteiger partial charge is 0.301 e. The van der Waals surface area contributed by atoms with E-state index in [1.807, 2.05) is 0 Å². The molecule has 2 heterocycles. The predicted octanol–water partition coefficient (Wildman–Crippen LogP) is 2.88. The number of unbranched alkanes of at least 4 members (excludes halogenated alkanes) is 2. The Labute approximate surface area is 169 Å². The monoisotopic (exact) mass is 381 g/mol. The first-order chi connectivity index (χ1) is 13.2. The molecule has 2 atom stereocenters. The van der Waals surface area contributed by atoms with E-state index in [0.29, 0.717) is 12.3 Å². The molecule has 160 valence electrons. The third-order valence-corrected chi connectivity index (χ3v) is 6.51. The molecular weight excluding hydrogens is 334 g/mol. The van der Waals surface area contributed by atoms with Crippen LogP contribution in [0.1, 0.15) is 66.2 Å². The number of nitrogens with zero attached hydrogens (tertiary/aromatic N) is 4. The minimum Gasteiger partial charge on any atom is -0.301 e. The van der Waals surface area contributed by atoms with Crippen molar-refractivity contribution in [1.82, 2.24) is 24.9 Å². The van der Waals surface area contributed by atoms with Gasteiger partial charge in [0, 0.05) is 52.4 Å². The number of piperazine rings is 2. The fourth-order valence-corrected chi connectivity index (χ4v) is 4.55. The molecule has 0 spiro atoms. The minimum atomic E-state index is 0.529. The van der Waals surface area contributed by atoms with E-state index in [0.717, 1.165) is 0 Å². The average molecular weight is 382 g/mol. The van der Waals surface area contributed by atoms with E-state index in [2.05, 4.69) is 52.6 Å². The molecule has 1 N–H and O–H groups in total. The van der Waals surface area contributed by atoms with Crippen molar-refractivity contribution in [2.45, 2.75) is 78.6 Å². The van der Waals surface area contributed by atoms with Crippen molar-refractivity contribution >= 4 is 0 Å². The molecule has 2 saturated heterocycles. The van der Waals surface area contributed by atoms with E-state index < -0.39 is 0 Å². The topological polar surface area (TPSA) is 25.0 Å². The van der Waals surface area contributed by atoms with Crippen LogP contribution >= 0.6 is 0 Å². The molecule has 0 aromatic rings. The Morgan fingerprint density at radius 1 is 0.593 bits per heavy atom. The third-order valence-electron chi connectivity index (χ3n) is 6.51. The van der Waals surface area contributed by atoms with Gasteiger partial charge in [0.1, 0.15) is 0 Å². The summed E-state index contributed by atoms with van der Waals surface area (Å²) in [5.41, 5.74) is 0. The Kier molecular flexibility index (Phi) is 11.2. The summed E-state index contributed by atoms with van der Waals surface area (Å²) in [6.45, 7) is 21.7. The molecule has 5 heteroatoms. The van der Waals surface area contributed by atoms with Gasteiger partial charge in [-0.05, 0) is 38.8 Å². The SMILES string of the molecule is CCCCN1CCN(C(CC)NC(CC)N2CCN(CCCC)CC2)CC1. The lowest BCUT2D eigenvalue weighted by Crippen LogP contribution is -2.61. The Balaban J connectivity index is 1.76. The maximum atomic E-state index is 4.02. The summed E-state index contributed by atoms with van der Waals surface area (Å²) in [6.07, 6.45) is 8.76. The van der Waals surface area contributed by atoms with Gasteiger partial charge in [-0.2, -0.15) is 0 Å². The van der Waals surface area contributed by atoms with Gasteiger partial charge in [0.25, 0.3) is 0 Å². The van der Waals surface area contributed by atoms with Gasteiger partial charge in [0.15, 0.2) is 0 Å². The first kappa shape index (κ1) is 23.1. The van der Waals surface area contributed by atoms with E-state index in [9.17, 15) is 0 Å². The maximum absolute atomic E-state index is 4.02. The van der Waals surface area contributed by atoms with Crippen LogP contribution in [-0.2, 0) is 0 Å². The second kappa shape index (κ2) is 13.1. The average Bonchev–Trinajstić information content (AvgIpc) is 2.73. The van der Waals surface area contributed by atoms with Gasteiger partial charge in [-0.3, -0.25) is 15.1 Å². The van der Waals surface area contributed by atoms with Crippen molar-refractivity contribution in [2.24, 2.45) is 0 Å². The Hall–Kier alpha value is -0.200. The molecular formula is C22H47N5. The Bertz CT molecular complexity index is 328. The summed E-state index contributed by atoms with van der Waals surface area (Å²) in [5, 5.41) is 4.02. The molecule has 0 aliphatic carbocycles. The summed E-state index contributed by atoms with van der Waals surface area (Å²) in [4.78, 5) is 10.7. The maximum Gasteiger partial charge on any atom is 0.0607 e. The zero-order valence-electron chi connectivity index (χ0n) is 18.8. The van der Waals surface area contributed by atoms with Gasteiger partial charge >= 0.3 is 0 Å². The van der Waals surface area contributed by atoms with E-state index >= 15 is 0 Å². The normalized spacial score (nSPS) is 23.6. The van der Waals surface area contributed by atoms with Gasteiger partial charge in [0.2, 0.25) is 0 Å². The molecule has 2 unspecified atom stereocenters. The molecule has 0 aromatic heterocycles.